The van der Waals surface area contributed by atoms with Crippen LogP contribution in [0.3, 0.4) is 0 Å². The Morgan fingerprint density at radius 2 is 1.68 bits per heavy atom. The summed E-state index contributed by atoms with van der Waals surface area (Å²) >= 11 is 0. The second-order valence-corrected chi connectivity index (χ2v) is 12.3. The van der Waals surface area contributed by atoms with E-state index in [9.17, 15) is 26.4 Å². The molecule has 5 heterocycles. The first-order chi connectivity index (χ1) is 18.9. The Hall–Kier alpha value is -4.00. The number of nitrogens with two attached hydrogens (primary N) is 1. The molecule has 0 saturated carbocycles. The molecule has 2 aliphatic rings. The summed E-state index contributed by atoms with van der Waals surface area (Å²) in [4.78, 5) is 22.1. The Balaban J connectivity index is 1.42. The van der Waals surface area contributed by atoms with Crippen molar-refractivity contribution in [2.45, 2.75) is 54.8 Å². The lowest BCUT2D eigenvalue weighted by molar-refractivity contribution is -0.190. The third-order valence-corrected chi connectivity index (χ3v) is 8.94. The zero-order valence-electron chi connectivity index (χ0n) is 21.3. The van der Waals surface area contributed by atoms with Crippen LogP contribution in [0.4, 0.5) is 19.0 Å². The lowest BCUT2D eigenvalue weighted by Crippen LogP contribution is -2.51. The van der Waals surface area contributed by atoms with Crippen molar-refractivity contribution in [1.29, 1.82) is 0 Å². The predicted molar refractivity (Wildman–Crippen MR) is 141 cm³/mol. The van der Waals surface area contributed by atoms with Crippen molar-refractivity contribution >= 4 is 27.2 Å². The number of benzene rings is 1. The van der Waals surface area contributed by atoms with E-state index in [-0.39, 0.29) is 29.2 Å². The molecule has 0 radical (unpaired) electrons. The number of carbonyl (C=O) groups excluding carboxylic acids is 1. The van der Waals surface area contributed by atoms with E-state index < -0.39 is 39.9 Å². The van der Waals surface area contributed by atoms with Gasteiger partial charge < -0.3 is 10.6 Å². The van der Waals surface area contributed by atoms with Crippen LogP contribution in [-0.2, 0) is 14.6 Å². The standard InChI is InChI=1S/C27H25F3N6O3S/c1-40(38,39)23-22(17-11-18-8-9-19(12-17)35(18)26(37)27(28,29)30)34-25-20(14-33-36(25)24(23)31)16-7-10-21(32-13-16)15-5-3-2-4-6-15/h2-7,10,13-14,17-19H,8-9,11-12,31H2,1H3. The van der Waals surface area contributed by atoms with Gasteiger partial charge in [-0.05, 0) is 31.7 Å². The zero-order chi connectivity index (χ0) is 28.4. The van der Waals surface area contributed by atoms with E-state index in [0.29, 0.717) is 29.6 Å². The van der Waals surface area contributed by atoms with Crippen molar-refractivity contribution in [3.8, 4) is 22.4 Å². The van der Waals surface area contributed by atoms with Gasteiger partial charge in [-0.25, -0.2) is 13.4 Å². The van der Waals surface area contributed by atoms with Crippen LogP contribution in [-0.4, -0.2) is 63.3 Å². The van der Waals surface area contributed by atoms with E-state index in [4.69, 9.17) is 10.7 Å². The fourth-order valence-corrected chi connectivity index (χ4v) is 7.15. The lowest BCUT2D eigenvalue weighted by atomic mass is 9.87. The first-order valence-corrected chi connectivity index (χ1v) is 14.6. The van der Waals surface area contributed by atoms with Crippen LogP contribution in [0.1, 0.15) is 37.3 Å². The summed E-state index contributed by atoms with van der Waals surface area (Å²) in [5, 5.41) is 4.30. The van der Waals surface area contributed by atoms with Crippen LogP contribution in [0, 0.1) is 0 Å². The molecule has 6 rings (SSSR count). The maximum atomic E-state index is 13.3. The molecule has 9 nitrogen and oxygen atoms in total. The molecule has 4 aromatic rings. The highest BCUT2D eigenvalue weighted by molar-refractivity contribution is 7.91. The molecule has 0 aliphatic carbocycles. The Bertz CT molecular complexity index is 1710. The van der Waals surface area contributed by atoms with E-state index in [0.717, 1.165) is 22.4 Å². The average Bonchev–Trinajstić information content (AvgIpc) is 3.45. The molecular formula is C27H25F3N6O3S. The Morgan fingerprint density at radius 1 is 1.00 bits per heavy atom. The minimum Gasteiger partial charge on any atom is -0.382 e. The van der Waals surface area contributed by atoms with Crippen LogP contribution in [0.5, 0.6) is 0 Å². The summed E-state index contributed by atoms with van der Waals surface area (Å²) in [7, 11) is -3.89. The molecule has 1 aromatic carbocycles. The van der Waals surface area contributed by atoms with Gasteiger partial charge in [-0.3, -0.25) is 9.78 Å². The monoisotopic (exact) mass is 570 g/mol. The highest BCUT2D eigenvalue weighted by atomic mass is 32.2. The van der Waals surface area contributed by atoms with Crippen molar-refractivity contribution in [3.05, 3.63) is 60.6 Å². The molecule has 2 unspecified atom stereocenters. The number of alkyl halides is 3. The van der Waals surface area contributed by atoms with Gasteiger partial charge in [-0.1, -0.05) is 36.4 Å². The summed E-state index contributed by atoms with van der Waals surface area (Å²) in [6, 6.07) is 12.0. The quantitative estimate of drug-likeness (QED) is 0.389. The molecule has 2 fully saturated rings. The number of aromatic nitrogens is 4. The fourth-order valence-electron chi connectivity index (χ4n) is 6.09. The molecule has 1 amide bonds. The normalized spacial score (nSPS) is 21.2. The summed E-state index contributed by atoms with van der Waals surface area (Å²) in [5.41, 5.74) is 9.86. The number of hydrogen-bond donors (Lipinski definition) is 1. The maximum absolute atomic E-state index is 13.3. The van der Waals surface area contributed by atoms with Gasteiger partial charge in [0.05, 0.1) is 17.6 Å². The molecule has 3 aromatic heterocycles. The molecule has 40 heavy (non-hydrogen) atoms. The van der Waals surface area contributed by atoms with Gasteiger partial charge in [0.1, 0.15) is 10.7 Å². The largest absolute Gasteiger partial charge is 0.471 e. The predicted octanol–water partition coefficient (Wildman–Crippen LogP) is 4.24. The molecule has 2 atom stereocenters. The van der Waals surface area contributed by atoms with Crippen LogP contribution in [0.25, 0.3) is 28.0 Å². The second-order valence-electron chi connectivity index (χ2n) is 10.3. The van der Waals surface area contributed by atoms with Crippen molar-refractivity contribution in [3.63, 3.8) is 0 Å². The zero-order valence-corrected chi connectivity index (χ0v) is 22.2. The lowest BCUT2D eigenvalue weighted by Gasteiger charge is -2.39. The van der Waals surface area contributed by atoms with Crippen LogP contribution < -0.4 is 5.73 Å². The van der Waals surface area contributed by atoms with Crippen LogP contribution in [0.2, 0.25) is 0 Å². The number of rotatable bonds is 4. The molecule has 208 valence electrons. The Labute approximate surface area is 227 Å². The third kappa shape index (κ3) is 4.37. The highest BCUT2D eigenvalue weighted by Gasteiger charge is 2.52. The number of nitrogens with zero attached hydrogens (tertiary/aromatic N) is 5. The van der Waals surface area contributed by atoms with E-state index in [1.54, 1.807) is 6.20 Å². The number of nitrogen functional groups attached to an aromatic ring is 1. The first kappa shape index (κ1) is 26.2. The Morgan fingerprint density at radius 3 is 2.25 bits per heavy atom. The smallest absolute Gasteiger partial charge is 0.382 e. The topological polar surface area (TPSA) is 124 Å². The Kier molecular flexibility index (Phi) is 6.09. The number of carbonyl (C=O) groups is 1. The van der Waals surface area contributed by atoms with Crippen molar-refractivity contribution in [2.24, 2.45) is 0 Å². The number of halogens is 3. The van der Waals surface area contributed by atoms with E-state index in [2.05, 4.69) is 10.1 Å². The minimum atomic E-state index is -4.97. The molecule has 2 saturated heterocycles. The van der Waals surface area contributed by atoms with E-state index in [1.807, 2.05) is 42.5 Å². The van der Waals surface area contributed by atoms with E-state index in [1.165, 1.54) is 10.7 Å². The number of fused-ring (bicyclic) bond motifs is 3. The molecule has 2 bridgehead atoms. The van der Waals surface area contributed by atoms with Crippen LogP contribution >= 0.6 is 0 Å². The minimum absolute atomic E-state index is 0.122. The number of hydrogen-bond acceptors (Lipinski definition) is 7. The first-order valence-electron chi connectivity index (χ1n) is 12.7. The number of piperidine rings is 1. The highest BCUT2D eigenvalue weighted by Crippen LogP contribution is 2.46. The SMILES string of the molecule is CS(=O)(=O)c1c(C2CC3CCC(C2)N3C(=O)C(F)(F)F)nc2c(-c3ccc(-c4ccccc4)nc3)cnn2c1N. The summed E-state index contributed by atoms with van der Waals surface area (Å²) in [6.45, 7) is 0. The second kappa shape index (κ2) is 9.29. The van der Waals surface area contributed by atoms with E-state index >= 15 is 0 Å². The van der Waals surface area contributed by atoms with Crippen molar-refractivity contribution in [2.75, 3.05) is 12.0 Å². The fraction of sp³-hybridized carbons (Fsp3) is 0.333. The summed E-state index contributed by atoms with van der Waals surface area (Å²) < 4.78 is 66.8. The van der Waals surface area contributed by atoms with Gasteiger partial charge in [0.25, 0.3) is 0 Å². The summed E-state index contributed by atoms with van der Waals surface area (Å²) in [6.07, 6.45) is 0.372. The molecule has 13 heteroatoms. The number of anilines is 1. The van der Waals surface area contributed by atoms with Gasteiger partial charge in [-0.15, -0.1) is 0 Å². The molecule has 2 N–H and O–H groups in total. The van der Waals surface area contributed by atoms with Gasteiger partial charge >= 0.3 is 12.1 Å². The van der Waals surface area contributed by atoms with Gasteiger partial charge in [0.2, 0.25) is 0 Å². The third-order valence-electron chi connectivity index (χ3n) is 7.78. The summed E-state index contributed by atoms with van der Waals surface area (Å²) in [5.74, 6) is -2.48. The molecule has 2 aliphatic heterocycles. The maximum Gasteiger partial charge on any atom is 0.471 e. The molecular weight excluding hydrogens is 545 g/mol. The van der Waals surface area contributed by atoms with Crippen molar-refractivity contribution in [1.82, 2.24) is 24.5 Å². The van der Waals surface area contributed by atoms with Crippen molar-refractivity contribution < 1.29 is 26.4 Å². The van der Waals surface area contributed by atoms with Gasteiger partial charge in [0.15, 0.2) is 15.5 Å². The van der Waals surface area contributed by atoms with Gasteiger partial charge in [-0.2, -0.15) is 22.8 Å². The average molecular weight is 571 g/mol. The molecule has 0 spiro atoms. The van der Waals surface area contributed by atoms with Gasteiger partial charge in [0, 0.05) is 47.1 Å². The van der Waals surface area contributed by atoms with Crippen LogP contribution in [0.15, 0.2) is 59.8 Å². The number of pyridine rings is 1. The number of amides is 1. The number of sulfone groups is 1.